The van der Waals surface area contributed by atoms with Crippen molar-refractivity contribution in [1.82, 2.24) is 4.98 Å². The van der Waals surface area contributed by atoms with Crippen LogP contribution in [0.5, 0.6) is 0 Å². The summed E-state index contributed by atoms with van der Waals surface area (Å²) in [6.45, 7) is 0. The molecule has 100 valence electrons. The number of fused-ring (bicyclic) bond motifs is 1. The maximum absolute atomic E-state index is 13.4. The fourth-order valence-corrected chi connectivity index (χ4v) is 2.84. The molecule has 6 heteroatoms. The average molecular weight is 289 g/mol. The van der Waals surface area contributed by atoms with E-state index in [0.29, 0.717) is 11.2 Å². The number of carboxylic acids is 1. The van der Waals surface area contributed by atoms with Gasteiger partial charge >= 0.3 is 5.97 Å². The molecule has 0 amide bonds. The number of benzene rings is 1. The third-order valence-corrected chi connectivity index (χ3v) is 3.84. The minimum atomic E-state index is -1.56. The molecule has 0 aliphatic carbocycles. The topological polar surface area (TPSA) is 70.2 Å². The summed E-state index contributed by atoms with van der Waals surface area (Å²) in [5.41, 5.74) is 0.932. The Morgan fingerprint density at radius 3 is 2.70 bits per heavy atom. The van der Waals surface area contributed by atoms with Gasteiger partial charge in [0.2, 0.25) is 0 Å². The van der Waals surface area contributed by atoms with Crippen LogP contribution in [0.3, 0.4) is 0 Å². The third kappa shape index (κ3) is 1.90. The van der Waals surface area contributed by atoms with Gasteiger partial charge in [-0.1, -0.05) is 6.07 Å². The minimum Gasteiger partial charge on any atom is -0.475 e. The fourth-order valence-electron chi connectivity index (χ4n) is 2.11. The predicted molar refractivity (Wildman–Crippen MR) is 73.5 cm³/mol. The van der Waals surface area contributed by atoms with Crippen LogP contribution in [0.2, 0.25) is 0 Å². The third-order valence-electron chi connectivity index (χ3n) is 2.95. The highest BCUT2D eigenvalue weighted by Gasteiger charge is 2.25. The number of aromatic nitrogens is 1. The first-order valence-corrected chi connectivity index (χ1v) is 6.58. The predicted octanol–water partition coefficient (Wildman–Crippen LogP) is 3.30. The first-order valence-electron chi connectivity index (χ1n) is 5.70. The van der Waals surface area contributed by atoms with E-state index in [4.69, 9.17) is 5.11 Å². The second-order valence-corrected chi connectivity index (χ2v) is 5.12. The molecule has 0 aliphatic heterocycles. The Labute approximate surface area is 116 Å². The number of thiophene rings is 1. The monoisotopic (exact) mass is 289 g/mol. The molecule has 3 rings (SSSR count). The lowest BCUT2D eigenvalue weighted by Gasteiger charge is -1.98. The van der Waals surface area contributed by atoms with Crippen LogP contribution in [0.1, 0.15) is 10.4 Å². The number of ketones is 1. The minimum absolute atomic E-state index is 0.00514. The molecule has 4 nitrogen and oxygen atoms in total. The number of aliphatic carboxylic acids is 1. The summed E-state index contributed by atoms with van der Waals surface area (Å²) >= 11 is 1.37. The van der Waals surface area contributed by atoms with Crippen molar-refractivity contribution < 1.29 is 19.1 Å². The summed E-state index contributed by atoms with van der Waals surface area (Å²) in [6, 6.07) is 7.47. The standard InChI is InChI=1S/C14H8FNO3S/c15-7-3-4-9-8(6-7)11(13(17)14(18)19)12(16-9)10-2-1-5-20-10/h1-6,16H,(H,18,19). The molecular formula is C14H8FNO3S. The number of halogens is 1. The lowest BCUT2D eigenvalue weighted by molar-refractivity contribution is -0.131. The number of carbonyl (C=O) groups is 2. The highest BCUT2D eigenvalue weighted by molar-refractivity contribution is 7.13. The zero-order valence-electron chi connectivity index (χ0n) is 10.0. The Balaban J connectivity index is 2.37. The Hall–Kier alpha value is -2.47. The van der Waals surface area contributed by atoms with E-state index in [-0.39, 0.29) is 10.9 Å². The molecule has 2 N–H and O–H groups in total. The fraction of sp³-hybridized carbons (Fsp3) is 0. The van der Waals surface area contributed by atoms with E-state index >= 15 is 0 Å². The van der Waals surface area contributed by atoms with Crippen molar-refractivity contribution in [3.63, 3.8) is 0 Å². The summed E-state index contributed by atoms with van der Waals surface area (Å²) in [6.07, 6.45) is 0. The van der Waals surface area contributed by atoms with Crippen molar-refractivity contribution in [2.45, 2.75) is 0 Å². The maximum atomic E-state index is 13.4. The molecule has 1 aromatic carbocycles. The molecule has 0 atom stereocenters. The number of H-pyrrole nitrogens is 1. The van der Waals surface area contributed by atoms with Crippen LogP contribution in [0, 0.1) is 5.82 Å². The van der Waals surface area contributed by atoms with Crippen molar-refractivity contribution in [2.24, 2.45) is 0 Å². The van der Waals surface area contributed by atoms with Gasteiger partial charge in [0.1, 0.15) is 5.82 Å². The number of Topliss-reactive ketones (excluding diaryl/α,β-unsaturated/α-hetero) is 1. The van der Waals surface area contributed by atoms with E-state index in [2.05, 4.69) is 4.98 Å². The summed E-state index contributed by atoms with van der Waals surface area (Å²) in [5, 5.41) is 11.0. The quantitative estimate of drug-likeness (QED) is 0.574. The van der Waals surface area contributed by atoms with E-state index in [1.165, 1.54) is 29.5 Å². The zero-order valence-corrected chi connectivity index (χ0v) is 10.8. The second-order valence-electron chi connectivity index (χ2n) is 4.18. The molecule has 2 heterocycles. The van der Waals surface area contributed by atoms with E-state index in [1.807, 2.05) is 5.38 Å². The average Bonchev–Trinajstić information content (AvgIpc) is 3.03. The van der Waals surface area contributed by atoms with E-state index < -0.39 is 17.6 Å². The smallest absolute Gasteiger partial charge is 0.377 e. The highest BCUT2D eigenvalue weighted by Crippen LogP contribution is 2.33. The van der Waals surface area contributed by atoms with Crippen LogP contribution in [0.15, 0.2) is 35.7 Å². The summed E-state index contributed by atoms with van der Waals surface area (Å²) in [4.78, 5) is 26.6. The summed E-state index contributed by atoms with van der Waals surface area (Å²) < 4.78 is 13.4. The molecule has 0 spiro atoms. The Bertz CT molecular complexity index is 820. The molecule has 0 radical (unpaired) electrons. The summed E-state index contributed by atoms with van der Waals surface area (Å²) in [5.74, 6) is -3.13. The van der Waals surface area contributed by atoms with Crippen LogP contribution in [-0.4, -0.2) is 21.8 Å². The van der Waals surface area contributed by atoms with Crippen LogP contribution < -0.4 is 0 Å². The molecule has 0 saturated carbocycles. The van der Waals surface area contributed by atoms with Gasteiger partial charge in [-0.3, -0.25) is 4.79 Å². The molecule has 0 unspecified atom stereocenters. The number of rotatable bonds is 3. The first-order chi connectivity index (χ1) is 9.58. The van der Waals surface area contributed by atoms with Gasteiger partial charge in [-0.2, -0.15) is 0 Å². The number of carboxylic acid groups (broad SMARTS) is 1. The molecule has 3 aromatic rings. The SMILES string of the molecule is O=C(O)C(=O)c1c(-c2cccs2)[nH]c2ccc(F)cc12. The molecule has 0 aliphatic rings. The van der Waals surface area contributed by atoms with Gasteiger partial charge in [0.25, 0.3) is 5.78 Å². The van der Waals surface area contributed by atoms with E-state index in [1.54, 1.807) is 12.1 Å². The number of carbonyl (C=O) groups excluding carboxylic acids is 1. The Morgan fingerprint density at radius 2 is 2.05 bits per heavy atom. The van der Waals surface area contributed by atoms with Crippen molar-refractivity contribution >= 4 is 34.0 Å². The van der Waals surface area contributed by atoms with Gasteiger partial charge in [-0.05, 0) is 29.6 Å². The van der Waals surface area contributed by atoms with Gasteiger partial charge in [0.15, 0.2) is 0 Å². The Morgan fingerprint density at radius 1 is 1.25 bits per heavy atom. The number of aromatic amines is 1. The lowest BCUT2D eigenvalue weighted by atomic mass is 10.1. The van der Waals surface area contributed by atoms with Gasteiger partial charge < -0.3 is 10.1 Å². The molecular weight excluding hydrogens is 281 g/mol. The normalized spacial score (nSPS) is 10.8. The van der Waals surface area contributed by atoms with Crippen molar-refractivity contribution in [2.75, 3.05) is 0 Å². The molecule has 0 bridgehead atoms. The molecule has 2 aromatic heterocycles. The molecule has 20 heavy (non-hydrogen) atoms. The van der Waals surface area contributed by atoms with E-state index in [9.17, 15) is 14.0 Å². The van der Waals surface area contributed by atoms with E-state index in [0.717, 1.165) is 4.88 Å². The van der Waals surface area contributed by atoms with Crippen molar-refractivity contribution in [1.29, 1.82) is 0 Å². The highest BCUT2D eigenvalue weighted by atomic mass is 32.1. The maximum Gasteiger partial charge on any atom is 0.377 e. The lowest BCUT2D eigenvalue weighted by Crippen LogP contribution is -2.13. The van der Waals surface area contributed by atoms with Crippen LogP contribution in [0.4, 0.5) is 4.39 Å². The molecule has 0 fully saturated rings. The zero-order chi connectivity index (χ0) is 14.3. The Kier molecular flexibility index (Phi) is 2.87. The van der Waals surface area contributed by atoms with Crippen molar-refractivity contribution in [3.8, 4) is 10.6 Å². The van der Waals surface area contributed by atoms with Crippen LogP contribution in [-0.2, 0) is 4.79 Å². The van der Waals surface area contributed by atoms with Gasteiger partial charge in [-0.25, -0.2) is 9.18 Å². The number of hydrogen-bond acceptors (Lipinski definition) is 3. The van der Waals surface area contributed by atoms with Crippen LogP contribution in [0.25, 0.3) is 21.5 Å². The molecule has 0 saturated heterocycles. The summed E-state index contributed by atoms with van der Waals surface area (Å²) in [7, 11) is 0. The van der Waals surface area contributed by atoms with Crippen molar-refractivity contribution in [3.05, 3.63) is 47.1 Å². The van der Waals surface area contributed by atoms with Gasteiger partial charge in [-0.15, -0.1) is 11.3 Å². The largest absolute Gasteiger partial charge is 0.475 e. The first kappa shape index (κ1) is 12.6. The second kappa shape index (κ2) is 4.57. The van der Waals surface area contributed by atoms with Gasteiger partial charge in [0, 0.05) is 10.9 Å². The number of nitrogens with one attached hydrogen (secondary N) is 1. The van der Waals surface area contributed by atoms with Gasteiger partial charge in [0.05, 0.1) is 16.1 Å². The number of hydrogen-bond donors (Lipinski definition) is 2. The van der Waals surface area contributed by atoms with Crippen LogP contribution >= 0.6 is 11.3 Å².